The van der Waals surface area contributed by atoms with E-state index in [-0.39, 0.29) is 18.1 Å². The Bertz CT molecular complexity index is 333. The third-order valence-electron chi connectivity index (χ3n) is 2.79. The average Bonchev–Trinajstić information content (AvgIpc) is 2.65. The Morgan fingerprint density at radius 2 is 2.19 bits per heavy atom. The second-order valence-corrected chi connectivity index (χ2v) is 5.37. The topological polar surface area (TPSA) is 51.1 Å². The number of amides is 1. The lowest BCUT2D eigenvalue weighted by Gasteiger charge is -2.24. The van der Waals surface area contributed by atoms with E-state index in [1.807, 2.05) is 27.7 Å². The molecule has 16 heavy (non-hydrogen) atoms. The summed E-state index contributed by atoms with van der Waals surface area (Å²) in [6.07, 6.45) is -0.245. The van der Waals surface area contributed by atoms with Crippen molar-refractivity contribution < 1.29 is 14.4 Å². The quantitative estimate of drug-likeness (QED) is 0.630. The van der Waals surface area contributed by atoms with E-state index in [1.54, 1.807) is 4.90 Å². The van der Waals surface area contributed by atoms with Crippen LogP contribution >= 0.6 is 0 Å². The fourth-order valence-electron chi connectivity index (χ4n) is 1.98. The van der Waals surface area contributed by atoms with E-state index in [0.717, 1.165) is 5.71 Å². The zero-order valence-corrected chi connectivity index (χ0v) is 10.2. The van der Waals surface area contributed by atoms with Crippen molar-refractivity contribution in [2.24, 2.45) is 11.1 Å². The predicted molar refractivity (Wildman–Crippen MR) is 59.3 cm³/mol. The molecule has 2 heterocycles. The minimum absolute atomic E-state index is 0.0209. The molecular weight excluding hydrogens is 208 g/mol. The maximum absolute atomic E-state index is 11.8. The van der Waals surface area contributed by atoms with Crippen LogP contribution in [0.25, 0.3) is 0 Å². The van der Waals surface area contributed by atoms with Crippen LogP contribution in [0, 0.1) is 5.92 Å². The number of rotatable bonds is 0. The molecule has 0 spiro atoms. The molecule has 0 radical (unpaired) electrons. The van der Waals surface area contributed by atoms with E-state index >= 15 is 0 Å². The molecule has 2 aliphatic heterocycles. The number of hydrogen-bond donors (Lipinski definition) is 0. The molecule has 0 N–H and O–H groups in total. The molecule has 0 aromatic heterocycles. The number of likely N-dealkylation sites (tertiary alicyclic amines) is 1. The molecule has 0 aromatic carbocycles. The monoisotopic (exact) mass is 226 g/mol. The number of oxime groups is 1. The van der Waals surface area contributed by atoms with E-state index < -0.39 is 5.60 Å². The summed E-state index contributed by atoms with van der Waals surface area (Å²) in [6, 6.07) is 0. The summed E-state index contributed by atoms with van der Waals surface area (Å²) in [5.74, 6) is 0.243. The standard InChI is InChI=1S/C11H18N2O3/c1-7-8-5-13(6-9(8)16-12-7)10(14)15-11(2,3)4/h8-9H,5-6H2,1-4H3. The Balaban J connectivity index is 1.94. The normalized spacial score (nSPS) is 28.5. The molecule has 5 nitrogen and oxygen atoms in total. The predicted octanol–water partition coefficient (Wildman–Crippen LogP) is 1.63. The van der Waals surface area contributed by atoms with Crippen LogP contribution in [0.2, 0.25) is 0 Å². The van der Waals surface area contributed by atoms with Gasteiger partial charge in [0.05, 0.1) is 18.2 Å². The molecule has 0 aliphatic carbocycles. The van der Waals surface area contributed by atoms with Gasteiger partial charge >= 0.3 is 6.09 Å². The van der Waals surface area contributed by atoms with Gasteiger partial charge in [0.2, 0.25) is 0 Å². The number of carbonyl (C=O) groups is 1. The van der Waals surface area contributed by atoms with E-state index in [0.29, 0.717) is 13.1 Å². The molecule has 0 aromatic rings. The highest BCUT2D eigenvalue weighted by atomic mass is 16.6. The summed E-state index contributed by atoms with van der Waals surface area (Å²) in [5.41, 5.74) is 0.523. The maximum Gasteiger partial charge on any atom is 0.410 e. The highest BCUT2D eigenvalue weighted by Gasteiger charge is 2.43. The van der Waals surface area contributed by atoms with E-state index in [1.165, 1.54) is 0 Å². The van der Waals surface area contributed by atoms with Crippen LogP contribution in [0.3, 0.4) is 0 Å². The van der Waals surface area contributed by atoms with Crippen LogP contribution in [0.15, 0.2) is 5.16 Å². The zero-order chi connectivity index (χ0) is 11.9. The first kappa shape index (κ1) is 11.2. The van der Waals surface area contributed by atoms with Crippen molar-refractivity contribution in [3.8, 4) is 0 Å². The van der Waals surface area contributed by atoms with E-state index in [9.17, 15) is 4.79 Å². The van der Waals surface area contributed by atoms with Crippen LogP contribution in [0.1, 0.15) is 27.7 Å². The molecule has 2 atom stereocenters. The Kier molecular flexibility index (Phi) is 2.56. The van der Waals surface area contributed by atoms with E-state index in [4.69, 9.17) is 9.57 Å². The highest BCUT2D eigenvalue weighted by molar-refractivity contribution is 5.87. The fourth-order valence-corrected chi connectivity index (χ4v) is 1.98. The Morgan fingerprint density at radius 3 is 2.75 bits per heavy atom. The van der Waals surface area contributed by atoms with Gasteiger partial charge in [0.1, 0.15) is 5.60 Å². The smallest absolute Gasteiger partial charge is 0.410 e. The number of nitrogens with zero attached hydrogens (tertiary/aromatic N) is 2. The molecule has 1 fully saturated rings. The lowest BCUT2D eigenvalue weighted by molar-refractivity contribution is 0.0228. The van der Waals surface area contributed by atoms with Gasteiger partial charge in [-0.3, -0.25) is 0 Å². The third-order valence-corrected chi connectivity index (χ3v) is 2.79. The van der Waals surface area contributed by atoms with Crippen LogP contribution in [-0.2, 0) is 9.57 Å². The van der Waals surface area contributed by atoms with Crippen molar-refractivity contribution in [3.05, 3.63) is 0 Å². The first-order valence-electron chi connectivity index (χ1n) is 5.55. The van der Waals surface area contributed by atoms with Gasteiger partial charge in [0, 0.05) is 6.54 Å². The average molecular weight is 226 g/mol. The largest absolute Gasteiger partial charge is 0.444 e. The lowest BCUT2D eigenvalue weighted by Crippen LogP contribution is -2.36. The summed E-state index contributed by atoms with van der Waals surface area (Å²) in [4.78, 5) is 18.7. The van der Waals surface area contributed by atoms with Gasteiger partial charge in [0.15, 0.2) is 6.10 Å². The van der Waals surface area contributed by atoms with Crippen LogP contribution in [0.4, 0.5) is 4.79 Å². The number of ether oxygens (including phenoxy) is 1. The van der Waals surface area contributed by atoms with Gasteiger partial charge in [-0.05, 0) is 27.7 Å². The van der Waals surface area contributed by atoms with Gasteiger partial charge in [-0.15, -0.1) is 0 Å². The van der Waals surface area contributed by atoms with E-state index in [2.05, 4.69) is 5.16 Å². The second-order valence-electron chi connectivity index (χ2n) is 5.37. The molecule has 2 unspecified atom stereocenters. The van der Waals surface area contributed by atoms with Crippen molar-refractivity contribution in [1.29, 1.82) is 0 Å². The summed E-state index contributed by atoms with van der Waals surface area (Å²) in [7, 11) is 0. The number of hydrogen-bond acceptors (Lipinski definition) is 4. The highest BCUT2D eigenvalue weighted by Crippen LogP contribution is 2.27. The van der Waals surface area contributed by atoms with Crippen LogP contribution < -0.4 is 0 Å². The van der Waals surface area contributed by atoms with Crippen molar-refractivity contribution in [2.45, 2.75) is 39.4 Å². The molecule has 2 aliphatic rings. The van der Waals surface area contributed by atoms with Gasteiger partial charge in [-0.2, -0.15) is 0 Å². The zero-order valence-electron chi connectivity index (χ0n) is 10.2. The summed E-state index contributed by atoms with van der Waals surface area (Å²) in [6.45, 7) is 8.75. The Hall–Kier alpha value is -1.26. The van der Waals surface area contributed by atoms with Gasteiger partial charge < -0.3 is 14.5 Å². The Morgan fingerprint density at radius 1 is 1.50 bits per heavy atom. The maximum atomic E-state index is 11.8. The van der Waals surface area contributed by atoms with Gasteiger partial charge in [0.25, 0.3) is 0 Å². The third kappa shape index (κ3) is 2.13. The summed E-state index contributed by atoms with van der Waals surface area (Å²) >= 11 is 0. The summed E-state index contributed by atoms with van der Waals surface area (Å²) < 4.78 is 5.31. The molecule has 0 bridgehead atoms. The fraction of sp³-hybridized carbons (Fsp3) is 0.818. The molecule has 1 amide bonds. The van der Waals surface area contributed by atoms with Crippen LogP contribution in [0.5, 0.6) is 0 Å². The van der Waals surface area contributed by atoms with Crippen molar-refractivity contribution in [1.82, 2.24) is 4.90 Å². The second kappa shape index (κ2) is 3.64. The van der Waals surface area contributed by atoms with Crippen molar-refractivity contribution in [3.63, 3.8) is 0 Å². The SMILES string of the molecule is CC1=NOC2CN(C(=O)OC(C)(C)C)CC12. The molecular formula is C11H18N2O3. The first-order chi connectivity index (χ1) is 7.37. The minimum Gasteiger partial charge on any atom is -0.444 e. The van der Waals surface area contributed by atoms with Crippen molar-refractivity contribution >= 4 is 11.8 Å². The van der Waals surface area contributed by atoms with Crippen molar-refractivity contribution in [2.75, 3.05) is 13.1 Å². The minimum atomic E-state index is -0.446. The molecule has 2 rings (SSSR count). The first-order valence-corrected chi connectivity index (χ1v) is 5.55. The molecule has 0 saturated carbocycles. The van der Waals surface area contributed by atoms with Crippen LogP contribution in [-0.4, -0.2) is 41.5 Å². The molecule has 90 valence electrons. The Labute approximate surface area is 95.4 Å². The summed E-state index contributed by atoms with van der Waals surface area (Å²) in [5, 5.41) is 3.93. The van der Waals surface area contributed by atoms with Gasteiger partial charge in [-0.25, -0.2) is 4.79 Å². The molecule has 5 heteroatoms. The lowest BCUT2D eigenvalue weighted by atomic mass is 10.0. The van der Waals surface area contributed by atoms with Gasteiger partial charge in [-0.1, -0.05) is 5.16 Å². The number of carbonyl (C=O) groups excluding carboxylic acids is 1. The number of fused-ring (bicyclic) bond motifs is 1. The molecule has 1 saturated heterocycles.